The number of aryl methyl sites for hydroxylation is 1. The zero-order valence-corrected chi connectivity index (χ0v) is 15.6. The first kappa shape index (κ1) is 21.7. The van der Waals surface area contributed by atoms with E-state index in [0.29, 0.717) is 16.9 Å². The first-order chi connectivity index (χ1) is 11.9. The van der Waals surface area contributed by atoms with Gasteiger partial charge in [-0.1, -0.05) is 6.92 Å². The van der Waals surface area contributed by atoms with Crippen LogP contribution >= 0.6 is 11.3 Å². The molecule has 26 heavy (non-hydrogen) atoms. The molecule has 1 aromatic heterocycles. The number of alkyl halides is 3. The molecule has 1 atom stereocenters. The molecule has 0 aliphatic carbocycles. The van der Waals surface area contributed by atoms with Crippen molar-refractivity contribution >= 4 is 34.2 Å². The molecule has 0 saturated carbocycles. The van der Waals surface area contributed by atoms with E-state index in [-0.39, 0.29) is 10.6 Å². The Balaban J connectivity index is 3.65. The van der Waals surface area contributed by atoms with Gasteiger partial charge < -0.3 is 20.1 Å². The zero-order valence-electron chi connectivity index (χ0n) is 14.8. The number of methoxy groups -OCH3 is 2. The summed E-state index contributed by atoms with van der Waals surface area (Å²) in [5.74, 6) is -3.76. The summed E-state index contributed by atoms with van der Waals surface area (Å²) < 4.78 is 50.2. The number of hydrogen-bond donors (Lipinski definition) is 2. The van der Waals surface area contributed by atoms with Crippen molar-refractivity contribution in [1.82, 2.24) is 5.32 Å². The number of esters is 2. The van der Waals surface area contributed by atoms with Crippen molar-refractivity contribution in [2.45, 2.75) is 39.0 Å². The molecule has 1 amide bonds. The van der Waals surface area contributed by atoms with Gasteiger partial charge in [0.2, 0.25) is 5.91 Å². The normalized spacial score (nSPS) is 13.5. The number of rotatable bonds is 6. The standard InChI is InChI=1S/C15H19F3N2O5S/c1-6-9-7(2)26-11(10(9)12(22)24-4)20-14(13(23)25-5,15(16,17)18)19-8(3)21/h20H,6H2,1-5H3,(H,19,21)/t14-/m1/s1. The van der Waals surface area contributed by atoms with Crippen LogP contribution in [-0.2, 0) is 25.5 Å². The van der Waals surface area contributed by atoms with E-state index in [9.17, 15) is 27.6 Å². The molecule has 0 unspecified atom stereocenters. The molecule has 1 heterocycles. The number of carbonyl (C=O) groups is 3. The maximum atomic E-state index is 13.8. The van der Waals surface area contributed by atoms with Crippen LogP contribution in [0.5, 0.6) is 0 Å². The third-order valence-corrected chi connectivity index (χ3v) is 4.60. The Labute approximate surface area is 151 Å². The van der Waals surface area contributed by atoms with E-state index in [0.717, 1.165) is 32.5 Å². The molecule has 1 aromatic rings. The third kappa shape index (κ3) is 3.92. The van der Waals surface area contributed by atoms with Crippen molar-refractivity contribution in [2.24, 2.45) is 0 Å². The summed E-state index contributed by atoms with van der Waals surface area (Å²) in [7, 11) is 1.84. The van der Waals surface area contributed by atoms with Crippen molar-refractivity contribution in [1.29, 1.82) is 0 Å². The van der Waals surface area contributed by atoms with E-state index in [1.165, 1.54) is 0 Å². The summed E-state index contributed by atoms with van der Waals surface area (Å²) in [6, 6.07) is 0. The maximum absolute atomic E-state index is 13.8. The van der Waals surface area contributed by atoms with Gasteiger partial charge in [-0.05, 0) is 18.9 Å². The van der Waals surface area contributed by atoms with Crippen molar-refractivity contribution < 1.29 is 37.0 Å². The fraction of sp³-hybridized carbons (Fsp3) is 0.533. The summed E-state index contributed by atoms with van der Waals surface area (Å²) in [6.07, 6.45) is -4.91. The van der Waals surface area contributed by atoms with Crippen LogP contribution in [0.4, 0.5) is 18.2 Å². The highest BCUT2D eigenvalue weighted by atomic mass is 32.1. The number of thiophene rings is 1. The van der Waals surface area contributed by atoms with E-state index < -0.39 is 29.7 Å². The lowest BCUT2D eigenvalue weighted by Crippen LogP contribution is -2.69. The molecule has 2 N–H and O–H groups in total. The van der Waals surface area contributed by atoms with Crippen LogP contribution in [0.25, 0.3) is 0 Å². The summed E-state index contributed by atoms with van der Waals surface area (Å²) in [5, 5.41) is 3.29. The minimum absolute atomic E-state index is 0.125. The molecule has 1 rings (SSSR count). The summed E-state index contributed by atoms with van der Waals surface area (Å²) in [5.41, 5.74) is -3.20. The van der Waals surface area contributed by atoms with Gasteiger partial charge in [0.15, 0.2) is 0 Å². The predicted molar refractivity (Wildman–Crippen MR) is 88.0 cm³/mol. The van der Waals surface area contributed by atoms with Crippen molar-refractivity contribution in [3.05, 3.63) is 16.0 Å². The average molecular weight is 396 g/mol. The predicted octanol–water partition coefficient (Wildman–Crippen LogP) is 2.39. The highest BCUT2D eigenvalue weighted by Gasteiger charge is 2.63. The molecule has 146 valence electrons. The van der Waals surface area contributed by atoms with Gasteiger partial charge in [0.25, 0.3) is 0 Å². The molecule has 7 nitrogen and oxygen atoms in total. The van der Waals surface area contributed by atoms with E-state index in [4.69, 9.17) is 0 Å². The van der Waals surface area contributed by atoms with E-state index in [2.05, 4.69) is 9.47 Å². The highest BCUT2D eigenvalue weighted by molar-refractivity contribution is 7.16. The SMILES string of the molecule is CCc1c(C)sc(N[C@](NC(C)=O)(C(=O)OC)C(F)(F)F)c1C(=O)OC. The van der Waals surface area contributed by atoms with Gasteiger partial charge in [-0.2, -0.15) is 13.2 Å². The number of nitrogens with one attached hydrogen (secondary N) is 2. The van der Waals surface area contributed by atoms with Crippen molar-refractivity contribution in [3.63, 3.8) is 0 Å². The minimum Gasteiger partial charge on any atom is -0.466 e. The Morgan fingerprint density at radius 3 is 2.12 bits per heavy atom. The molecule has 0 aliphatic rings. The second-order valence-electron chi connectivity index (χ2n) is 5.23. The number of halogens is 3. The molecule has 11 heteroatoms. The van der Waals surface area contributed by atoms with Crippen LogP contribution in [0.15, 0.2) is 0 Å². The molecular formula is C15H19F3N2O5S. The van der Waals surface area contributed by atoms with Gasteiger partial charge in [-0.25, -0.2) is 9.59 Å². The molecule has 0 aliphatic heterocycles. The van der Waals surface area contributed by atoms with Gasteiger partial charge in [-0.15, -0.1) is 11.3 Å². The molecule has 0 aromatic carbocycles. The number of hydrogen-bond acceptors (Lipinski definition) is 7. The fourth-order valence-electron chi connectivity index (χ4n) is 2.39. The Hall–Kier alpha value is -2.30. The van der Waals surface area contributed by atoms with Crippen molar-refractivity contribution in [2.75, 3.05) is 19.5 Å². The molecule has 0 fully saturated rings. The second-order valence-corrected chi connectivity index (χ2v) is 6.46. The van der Waals surface area contributed by atoms with E-state index in [1.807, 2.05) is 5.32 Å². The maximum Gasteiger partial charge on any atom is 0.441 e. The summed E-state index contributed by atoms with van der Waals surface area (Å²) in [4.78, 5) is 36.0. The Morgan fingerprint density at radius 2 is 1.73 bits per heavy atom. The zero-order chi connectivity index (χ0) is 20.3. The summed E-state index contributed by atoms with van der Waals surface area (Å²) in [6.45, 7) is 4.16. The van der Waals surface area contributed by atoms with Gasteiger partial charge in [0.1, 0.15) is 5.00 Å². The topological polar surface area (TPSA) is 93.7 Å². The lowest BCUT2D eigenvalue weighted by Gasteiger charge is -2.34. The first-order valence-corrected chi connectivity index (χ1v) is 8.19. The molecule has 0 spiro atoms. The second kappa shape index (κ2) is 7.94. The van der Waals surface area contributed by atoms with Gasteiger partial charge in [-0.3, -0.25) is 4.79 Å². The lowest BCUT2D eigenvalue weighted by molar-refractivity contribution is -0.206. The smallest absolute Gasteiger partial charge is 0.441 e. The van der Waals surface area contributed by atoms with Crippen LogP contribution in [0.2, 0.25) is 0 Å². The number of ether oxygens (including phenoxy) is 2. The molecular weight excluding hydrogens is 377 g/mol. The first-order valence-electron chi connectivity index (χ1n) is 7.37. The van der Waals surface area contributed by atoms with Gasteiger partial charge in [0, 0.05) is 11.8 Å². The lowest BCUT2D eigenvalue weighted by atomic mass is 10.1. The third-order valence-electron chi connectivity index (χ3n) is 3.53. The summed E-state index contributed by atoms with van der Waals surface area (Å²) >= 11 is 0.836. The molecule has 0 radical (unpaired) electrons. The largest absolute Gasteiger partial charge is 0.466 e. The molecule has 0 bridgehead atoms. The fourth-order valence-corrected chi connectivity index (χ4v) is 3.58. The quantitative estimate of drug-likeness (QED) is 0.567. The number of carbonyl (C=O) groups excluding carboxylic acids is 3. The Morgan fingerprint density at radius 1 is 1.15 bits per heavy atom. The van der Waals surface area contributed by atoms with Crippen LogP contribution in [0.1, 0.15) is 34.6 Å². The van der Waals surface area contributed by atoms with Crippen LogP contribution in [-0.4, -0.2) is 43.9 Å². The van der Waals surface area contributed by atoms with Crippen LogP contribution < -0.4 is 10.6 Å². The molecule has 0 saturated heterocycles. The number of amides is 1. The Kier molecular flexibility index (Phi) is 6.64. The van der Waals surface area contributed by atoms with Gasteiger partial charge >= 0.3 is 23.8 Å². The monoisotopic (exact) mass is 396 g/mol. The van der Waals surface area contributed by atoms with Crippen LogP contribution in [0.3, 0.4) is 0 Å². The average Bonchev–Trinajstić information content (AvgIpc) is 2.86. The van der Waals surface area contributed by atoms with E-state index in [1.54, 1.807) is 19.2 Å². The van der Waals surface area contributed by atoms with E-state index >= 15 is 0 Å². The van der Waals surface area contributed by atoms with Gasteiger partial charge in [0.05, 0.1) is 19.8 Å². The minimum atomic E-state index is -5.26. The number of anilines is 1. The van der Waals surface area contributed by atoms with Crippen LogP contribution in [0, 0.1) is 6.92 Å². The van der Waals surface area contributed by atoms with Crippen molar-refractivity contribution in [3.8, 4) is 0 Å². The Bertz CT molecular complexity index is 717. The highest BCUT2D eigenvalue weighted by Crippen LogP contribution is 2.39.